The predicted molar refractivity (Wildman–Crippen MR) is 55.7 cm³/mol. The number of hydrogen-bond donors (Lipinski definition) is 1. The smallest absolute Gasteiger partial charge is 0.0745 e. The van der Waals surface area contributed by atoms with E-state index in [9.17, 15) is 0 Å². The molecule has 0 radical (unpaired) electrons. The fourth-order valence-corrected chi connectivity index (χ4v) is 1.14. The fraction of sp³-hybridized carbons (Fsp3) is 1.00. The zero-order chi connectivity index (χ0) is 10.6. The van der Waals surface area contributed by atoms with Crippen LogP contribution in [0.15, 0.2) is 0 Å². The highest BCUT2D eigenvalue weighted by atomic mass is 16.5. The summed E-state index contributed by atoms with van der Waals surface area (Å²) >= 11 is 0. The topological polar surface area (TPSA) is 29.5 Å². The van der Waals surface area contributed by atoms with E-state index in [2.05, 4.69) is 34.6 Å². The van der Waals surface area contributed by atoms with E-state index in [4.69, 9.17) is 9.84 Å². The molecule has 0 aliphatic heterocycles. The van der Waals surface area contributed by atoms with E-state index < -0.39 is 0 Å². The quantitative estimate of drug-likeness (QED) is 0.734. The second kappa shape index (κ2) is 4.97. The summed E-state index contributed by atoms with van der Waals surface area (Å²) in [7, 11) is 0. The van der Waals surface area contributed by atoms with Gasteiger partial charge in [0.15, 0.2) is 0 Å². The molecule has 1 N–H and O–H groups in total. The van der Waals surface area contributed by atoms with Crippen molar-refractivity contribution in [3.8, 4) is 0 Å². The van der Waals surface area contributed by atoms with E-state index in [1.807, 2.05) is 0 Å². The van der Waals surface area contributed by atoms with Crippen LogP contribution in [0.5, 0.6) is 0 Å². The van der Waals surface area contributed by atoms with Crippen LogP contribution in [0, 0.1) is 11.3 Å². The summed E-state index contributed by atoms with van der Waals surface area (Å²) in [5.41, 5.74) is 0.262. The first-order valence-corrected chi connectivity index (χ1v) is 5.04. The van der Waals surface area contributed by atoms with Gasteiger partial charge in [-0.2, -0.15) is 0 Å². The molecule has 0 saturated carbocycles. The van der Waals surface area contributed by atoms with Gasteiger partial charge >= 0.3 is 0 Å². The Labute approximate surface area is 82.3 Å². The lowest BCUT2D eigenvalue weighted by atomic mass is 9.79. The minimum Gasteiger partial charge on any atom is -0.391 e. The van der Waals surface area contributed by atoms with E-state index in [0.717, 1.165) is 0 Å². The first kappa shape index (κ1) is 12.9. The average Bonchev–Trinajstić information content (AvgIpc) is 1.96. The average molecular weight is 188 g/mol. The summed E-state index contributed by atoms with van der Waals surface area (Å²) in [5, 5.41) is 9.06. The molecule has 0 spiro atoms. The maximum Gasteiger partial charge on any atom is 0.0745 e. The Morgan fingerprint density at radius 1 is 1.15 bits per heavy atom. The number of ether oxygens (including phenoxy) is 1. The predicted octanol–water partition coefficient (Wildman–Crippen LogP) is 2.45. The van der Waals surface area contributed by atoms with Gasteiger partial charge in [0.25, 0.3) is 0 Å². The van der Waals surface area contributed by atoms with Gasteiger partial charge in [0.2, 0.25) is 0 Å². The summed E-state index contributed by atoms with van der Waals surface area (Å²) in [6, 6.07) is 0. The van der Waals surface area contributed by atoms with Crippen LogP contribution in [0.1, 0.15) is 41.5 Å². The molecule has 0 bridgehead atoms. The van der Waals surface area contributed by atoms with E-state index in [0.29, 0.717) is 12.5 Å². The molecule has 0 aliphatic carbocycles. The summed E-state index contributed by atoms with van der Waals surface area (Å²) in [6.07, 6.45) is -0.163. The van der Waals surface area contributed by atoms with Gasteiger partial charge in [-0.05, 0) is 25.2 Å². The Morgan fingerprint density at radius 3 is 1.92 bits per heavy atom. The van der Waals surface area contributed by atoms with E-state index >= 15 is 0 Å². The fourth-order valence-electron chi connectivity index (χ4n) is 1.14. The molecular formula is C11H24O2. The van der Waals surface area contributed by atoms with E-state index in [-0.39, 0.29) is 17.6 Å². The van der Waals surface area contributed by atoms with Crippen molar-refractivity contribution >= 4 is 0 Å². The Kier molecular flexibility index (Phi) is 4.93. The van der Waals surface area contributed by atoms with Crippen molar-refractivity contribution in [2.45, 2.75) is 53.8 Å². The second-order valence-corrected chi connectivity index (χ2v) is 5.04. The van der Waals surface area contributed by atoms with Crippen molar-refractivity contribution in [3.63, 3.8) is 0 Å². The van der Waals surface area contributed by atoms with Gasteiger partial charge in [0, 0.05) is 0 Å². The van der Waals surface area contributed by atoms with Gasteiger partial charge in [0.05, 0.1) is 18.8 Å². The maximum absolute atomic E-state index is 9.06. The second-order valence-electron chi connectivity index (χ2n) is 5.04. The van der Waals surface area contributed by atoms with Crippen LogP contribution in [0.2, 0.25) is 0 Å². The summed E-state index contributed by atoms with van der Waals surface area (Å²) in [4.78, 5) is 0. The van der Waals surface area contributed by atoms with Gasteiger partial charge < -0.3 is 9.84 Å². The van der Waals surface area contributed by atoms with Crippen molar-refractivity contribution < 1.29 is 9.84 Å². The molecule has 0 amide bonds. The summed E-state index contributed by atoms with van der Waals surface area (Å²) in [5.74, 6) is 0.492. The van der Waals surface area contributed by atoms with Crippen molar-refractivity contribution in [1.82, 2.24) is 0 Å². The Morgan fingerprint density at radius 2 is 1.62 bits per heavy atom. The Bertz CT molecular complexity index is 136. The lowest BCUT2D eigenvalue weighted by Crippen LogP contribution is -2.31. The van der Waals surface area contributed by atoms with Gasteiger partial charge in [-0.1, -0.05) is 27.7 Å². The molecule has 0 aliphatic rings. The van der Waals surface area contributed by atoms with Crippen molar-refractivity contribution in [2.24, 2.45) is 11.3 Å². The lowest BCUT2D eigenvalue weighted by Gasteiger charge is -2.32. The molecule has 0 heterocycles. The number of hydrogen-bond acceptors (Lipinski definition) is 2. The van der Waals surface area contributed by atoms with Crippen LogP contribution in [-0.4, -0.2) is 23.9 Å². The van der Waals surface area contributed by atoms with Crippen LogP contribution in [0.3, 0.4) is 0 Å². The van der Waals surface area contributed by atoms with Gasteiger partial charge in [0.1, 0.15) is 0 Å². The molecule has 0 aromatic heterocycles. The summed E-state index contributed by atoms with van der Waals surface area (Å²) in [6.45, 7) is 13.1. The molecular weight excluding hydrogens is 164 g/mol. The highest BCUT2D eigenvalue weighted by molar-refractivity contribution is 4.75. The monoisotopic (exact) mass is 188 g/mol. The molecule has 0 rings (SSSR count). The SMILES string of the molecule is C[C@@H](O)CO[C@H](C)[C@H](C)C(C)(C)C. The van der Waals surface area contributed by atoms with Crippen LogP contribution in [-0.2, 0) is 4.74 Å². The molecule has 2 nitrogen and oxygen atoms in total. The highest BCUT2D eigenvalue weighted by Crippen LogP contribution is 2.29. The zero-order valence-electron chi connectivity index (χ0n) is 9.79. The van der Waals surface area contributed by atoms with Gasteiger partial charge in [-0.15, -0.1) is 0 Å². The van der Waals surface area contributed by atoms with Crippen LogP contribution in [0.4, 0.5) is 0 Å². The number of aliphatic hydroxyl groups excluding tert-OH is 1. The minimum absolute atomic E-state index is 0.203. The van der Waals surface area contributed by atoms with Crippen LogP contribution >= 0.6 is 0 Å². The molecule has 2 heteroatoms. The standard InChI is InChI=1S/C11H24O2/c1-8(12)7-13-10(3)9(2)11(4,5)6/h8-10,12H,7H2,1-6H3/t8-,9+,10-/m1/s1. The molecule has 0 fully saturated rings. The maximum atomic E-state index is 9.06. The third-order valence-electron chi connectivity index (χ3n) is 2.67. The highest BCUT2D eigenvalue weighted by Gasteiger charge is 2.25. The van der Waals surface area contributed by atoms with Crippen LogP contribution < -0.4 is 0 Å². The number of rotatable bonds is 4. The van der Waals surface area contributed by atoms with Crippen LogP contribution in [0.25, 0.3) is 0 Å². The van der Waals surface area contributed by atoms with Crippen molar-refractivity contribution in [3.05, 3.63) is 0 Å². The van der Waals surface area contributed by atoms with Crippen molar-refractivity contribution in [2.75, 3.05) is 6.61 Å². The molecule has 13 heavy (non-hydrogen) atoms. The van der Waals surface area contributed by atoms with Crippen molar-refractivity contribution in [1.29, 1.82) is 0 Å². The van der Waals surface area contributed by atoms with E-state index in [1.54, 1.807) is 6.92 Å². The summed E-state index contributed by atoms with van der Waals surface area (Å²) < 4.78 is 5.54. The number of aliphatic hydroxyl groups is 1. The molecule has 0 aromatic carbocycles. The Hall–Kier alpha value is -0.0800. The molecule has 80 valence electrons. The molecule has 0 unspecified atom stereocenters. The normalized spacial score (nSPS) is 19.6. The zero-order valence-corrected chi connectivity index (χ0v) is 9.79. The molecule has 0 aromatic rings. The van der Waals surface area contributed by atoms with Gasteiger partial charge in [-0.3, -0.25) is 0 Å². The largest absolute Gasteiger partial charge is 0.391 e. The Balaban J connectivity index is 3.90. The molecule has 3 atom stereocenters. The molecule has 0 saturated heterocycles. The van der Waals surface area contributed by atoms with E-state index in [1.165, 1.54) is 0 Å². The third kappa shape index (κ3) is 5.27. The first-order valence-electron chi connectivity index (χ1n) is 5.04. The van der Waals surface area contributed by atoms with Gasteiger partial charge in [-0.25, -0.2) is 0 Å². The minimum atomic E-state index is -0.366. The third-order valence-corrected chi connectivity index (χ3v) is 2.67. The first-order chi connectivity index (χ1) is 5.75. The lowest BCUT2D eigenvalue weighted by molar-refractivity contribution is -0.0398.